The number of hydrogen-bond acceptors (Lipinski definition) is 4. The number of benzene rings is 2. The molecule has 0 radical (unpaired) electrons. The van der Waals surface area contributed by atoms with E-state index in [9.17, 15) is 9.59 Å². The lowest BCUT2D eigenvalue weighted by Crippen LogP contribution is -2.27. The third-order valence-corrected chi connectivity index (χ3v) is 3.91. The molecule has 0 amide bonds. The number of hydrogen-bond donors (Lipinski definition) is 0. The molecule has 3 aromatic rings. The van der Waals surface area contributed by atoms with E-state index in [0.717, 1.165) is 22.4 Å². The lowest BCUT2D eigenvalue weighted by Gasteiger charge is -2.12. The number of aryl methyl sites for hydroxylation is 3. The zero-order valence-corrected chi connectivity index (χ0v) is 14.0. The van der Waals surface area contributed by atoms with Crippen LogP contribution in [-0.2, 0) is 6.54 Å². The molecule has 0 aliphatic carbocycles. The molecule has 0 N–H and O–H groups in total. The zero-order chi connectivity index (χ0) is 17.3. The van der Waals surface area contributed by atoms with Crippen molar-refractivity contribution in [3.05, 3.63) is 74.1 Å². The third kappa shape index (κ3) is 3.11. The SMILES string of the molecule is Cc1cc(C)cc(OCCn2c(=O)oc(=O)c3cccc(C)c32)c1. The lowest BCUT2D eigenvalue weighted by molar-refractivity contribution is 0.287. The van der Waals surface area contributed by atoms with Crippen LogP contribution in [0.4, 0.5) is 0 Å². The second-order valence-electron chi connectivity index (χ2n) is 5.95. The van der Waals surface area contributed by atoms with Gasteiger partial charge in [-0.2, -0.15) is 0 Å². The van der Waals surface area contributed by atoms with Gasteiger partial charge in [0.1, 0.15) is 12.4 Å². The van der Waals surface area contributed by atoms with Gasteiger partial charge in [-0.1, -0.05) is 18.2 Å². The number of fused-ring (bicyclic) bond motifs is 1. The van der Waals surface area contributed by atoms with Crippen LogP contribution in [0.25, 0.3) is 10.9 Å². The molecule has 1 aromatic heterocycles. The first kappa shape index (κ1) is 16.1. The van der Waals surface area contributed by atoms with Crippen molar-refractivity contribution in [2.24, 2.45) is 0 Å². The van der Waals surface area contributed by atoms with Crippen LogP contribution in [0.1, 0.15) is 16.7 Å². The quantitative estimate of drug-likeness (QED) is 0.740. The van der Waals surface area contributed by atoms with Crippen LogP contribution < -0.4 is 16.1 Å². The average molecular weight is 325 g/mol. The van der Waals surface area contributed by atoms with Gasteiger partial charge in [-0.25, -0.2) is 9.59 Å². The monoisotopic (exact) mass is 325 g/mol. The predicted molar refractivity (Wildman–Crippen MR) is 92.9 cm³/mol. The molecule has 5 nitrogen and oxygen atoms in total. The van der Waals surface area contributed by atoms with Crippen LogP contribution in [0.5, 0.6) is 5.75 Å². The zero-order valence-electron chi connectivity index (χ0n) is 14.0. The highest BCUT2D eigenvalue weighted by Crippen LogP contribution is 2.17. The smallest absolute Gasteiger partial charge is 0.422 e. The standard InChI is InChI=1S/C19H19NO4/c1-12-9-13(2)11-15(10-12)23-8-7-20-17-14(3)5-4-6-16(17)18(21)24-19(20)22/h4-6,9-11H,7-8H2,1-3H3. The van der Waals surface area contributed by atoms with Crippen molar-refractivity contribution < 1.29 is 9.15 Å². The van der Waals surface area contributed by atoms with Crippen molar-refractivity contribution in [3.63, 3.8) is 0 Å². The molecular formula is C19H19NO4. The van der Waals surface area contributed by atoms with Crippen molar-refractivity contribution in [1.82, 2.24) is 4.57 Å². The van der Waals surface area contributed by atoms with Gasteiger partial charge in [-0.05, 0) is 55.7 Å². The van der Waals surface area contributed by atoms with Gasteiger partial charge in [0, 0.05) is 0 Å². The summed E-state index contributed by atoms with van der Waals surface area (Å²) < 4.78 is 12.0. The summed E-state index contributed by atoms with van der Waals surface area (Å²) in [5.41, 5.74) is 3.08. The molecule has 0 bridgehead atoms. The van der Waals surface area contributed by atoms with Gasteiger partial charge in [0.2, 0.25) is 0 Å². The van der Waals surface area contributed by atoms with Gasteiger partial charge in [0.05, 0.1) is 17.4 Å². The molecule has 3 rings (SSSR count). The van der Waals surface area contributed by atoms with E-state index in [4.69, 9.17) is 9.15 Å². The molecule has 5 heteroatoms. The van der Waals surface area contributed by atoms with Crippen molar-refractivity contribution in [1.29, 1.82) is 0 Å². The van der Waals surface area contributed by atoms with Gasteiger partial charge < -0.3 is 9.15 Å². The molecule has 0 aliphatic heterocycles. The maximum atomic E-state index is 12.1. The van der Waals surface area contributed by atoms with Gasteiger partial charge in [-0.15, -0.1) is 0 Å². The van der Waals surface area contributed by atoms with Crippen LogP contribution in [0.3, 0.4) is 0 Å². The summed E-state index contributed by atoms with van der Waals surface area (Å²) in [5.74, 6) is 0.102. The predicted octanol–water partition coefficient (Wildman–Crippen LogP) is 2.96. The number of aromatic nitrogens is 1. The summed E-state index contributed by atoms with van der Waals surface area (Å²) in [4.78, 5) is 24.0. The summed E-state index contributed by atoms with van der Waals surface area (Å²) in [6, 6.07) is 11.3. The molecule has 0 fully saturated rings. The maximum absolute atomic E-state index is 12.1. The molecule has 0 unspecified atom stereocenters. The van der Waals surface area contributed by atoms with E-state index in [1.807, 2.05) is 39.0 Å². The Labute approximate surface area is 139 Å². The maximum Gasteiger partial charge on any atom is 0.422 e. The number of ether oxygens (including phenoxy) is 1. The van der Waals surface area contributed by atoms with Crippen molar-refractivity contribution >= 4 is 10.9 Å². The first-order valence-electron chi connectivity index (χ1n) is 7.80. The van der Waals surface area contributed by atoms with Crippen LogP contribution >= 0.6 is 0 Å². The van der Waals surface area contributed by atoms with E-state index in [0.29, 0.717) is 24.1 Å². The van der Waals surface area contributed by atoms with E-state index in [2.05, 4.69) is 6.07 Å². The molecule has 0 spiro atoms. The van der Waals surface area contributed by atoms with E-state index in [1.54, 1.807) is 12.1 Å². The van der Waals surface area contributed by atoms with Gasteiger partial charge in [0.25, 0.3) is 0 Å². The Morgan fingerprint density at radius 2 is 1.75 bits per heavy atom. The Bertz CT molecular complexity index is 994. The fraction of sp³-hybridized carbons (Fsp3) is 0.263. The topological polar surface area (TPSA) is 61.4 Å². The highest BCUT2D eigenvalue weighted by Gasteiger charge is 2.11. The summed E-state index contributed by atoms with van der Waals surface area (Å²) >= 11 is 0. The Morgan fingerprint density at radius 1 is 1.04 bits per heavy atom. The van der Waals surface area contributed by atoms with Crippen LogP contribution in [0, 0.1) is 20.8 Å². The fourth-order valence-electron chi connectivity index (χ4n) is 2.94. The molecule has 0 atom stereocenters. The highest BCUT2D eigenvalue weighted by molar-refractivity contribution is 5.80. The molecule has 0 saturated heterocycles. The third-order valence-electron chi connectivity index (χ3n) is 3.91. The van der Waals surface area contributed by atoms with Crippen molar-refractivity contribution in [2.75, 3.05) is 6.61 Å². The Morgan fingerprint density at radius 3 is 2.46 bits per heavy atom. The van der Waals surface area contributed by atoms with Crippen LogP contribution in [-0.4, -0.2) is 11.2 Å². The van der Waals surface area contributed by atoms with Crippen molar-refractivity contribution in [2.45, 2.75) is 27.3 Å². The Kier molecular flexibility index (Phi) is 4.25. The second-order valence-corrected chi connectivity index (χ2v) is 5.95. The second kappa shape index (κ2) is 6.35. The summed E-state index contributed by atoms with van der Waals surface area (Å²) in [6.07, 6.45) is 0. The minimum absolute atomic E-state index is 0.303. The number of nitrogens with zero attached hydrogens (tertiary/aromatic N) is 1. The average Bonchev–Trinajstić information content (AvgIpc) is 2.50. The van der Waals surface area contributed by atoms with E-state index < -0.39 is 11.4 Å². The van der Waals surface area contributed by atoms with Gasteiger partial charge >= 0.3 is 11.4 Å². The molecule has 2 aromatic carbocycles. The number of rotatable bonds is 4. The molecule has 0 aliphatic rings. The lowest BCUT2D eigenvalue weighted by atomic mass is 10.1. The van der Waals surface area contributed by atoms with E-state index in [-0.39, 0.29) is 0 Å². The first-order valence-corrected chi connectivity index (χ1v) is 7.80. The van der Waals surface area contributed by atoms with Crippen molar-refractivity contribution in [3.8, 4) is 5.75 Å². The molecule has 1 heterocycles. The molecule has 0 saturated carbocycles. The first-order chi connectivity index (χ1) is 11.5. The van der Waals surface area contributed by atoms with E-state index >= 15 is 0 Å². The minimum Gasteiger partial charge on any atom is -0.492 e. The van der Waals surface area contributed by atoms with Gasteiger partial charge in [0.15, 0.2) is 0 Å². The normalized spacial score (nSPS) is 11.0. The van der Waals surface area contributed by atoms with Crippen LogP contribution in [0.15, 0.2) is 50.4 Å². The molecular weight excluding hydrogens is 306 g/mol. The number of para-hydroxylation sites is 1. The summed E-state index contributed by atoms with van der Waals surface area (Å²) in [6.45, 7) is 6.49. The summed E-state index contributed by atoms with van der Waals surface area (Å²) in [5, 5.41) is 0.404. The Balaban J connectivity index is 1.90. The highest BCUT2D eigenvalue weighted by atomic mass is 16.5. The minimum atomic E-state index is -0.661. The van der Waals surface area contributed by atoms with Gasteiger partial charge in [-0.3, -0.25) is 4.57 Å². The fourth-order valence-corrected chi connectivity index (χ4v) is 2.94. The Hall–Kier alpha value is -2.82. The molecule has 24 heavy (non-hydrogen) atoms. The van der Waals surface area contributed by atoms with Crippen LogP contribution in [0.2, 0.25) is 0 Å². The molecule has 124 valence electrons. The largest absolute Gasteiger partial charge is 0.492 e. The summed E-state index contributed by atoms with van der Waals surface area (Å²) in [7, 11) is 0. The van der Waals surface area contributed by atoms with E-state index in [1.165, 1.54) is 4.57 Å².